The van der Waals surface area contributed by atoms with Crippen LogP contribution in [-0.4, -0.2) is 17.2 Å². The van der Waals surface area contributed by atoms with Gasteiger partial charge in [0.1, 0.15) is 0 Å². The Hall–Kier alpha value is -0.670. The van der Waals surface area contributed by atoms with Gasteiger partial charge in [-0.1, -0.05) is 18.0 Å². The lowest BCUT2D eigenvalue weighted by Gasteiger charge is -2.24. The molecule has 0 heterocycles. The summed E-state index contributed by atoms with van der Waals surface area (Å²) in [5, 5.41) is 3.93. The summed E-state index contributed by atoms with van der Waals surface area (Å²) in [5.74, 6) is 1.77. The first-order valence-corrected chi connectivity index (χ1v) is 8.60. The maximum absolute atomic E-state index is 12.3. The lowest BCUT2D eigenvalue weighted by molar-refractivity contribution is -0.121. The van der Waals surface area contributed by atoms with E-state index in [9.17, 15) is 4.79 Å². The number of fused-ring (bicyclic) bond motifs is 2. The first kappa shape index (κ1) is 14.3. The highest BCUT2D eigenvalue weighted by Gasteiger charge is 2.40. The maximum Gasteiger partial charge on any atom is 0.233 e. The molecule has 1 N–H and O–H groups in total. The molecule has 4 heteroatoms. The average molecular weight is 310 g/mol. The predicted molar refractivity (Wildman–Crippen MR) is 84.1 cm³/mol. The summed E-state index contributed by atoms with van der Waals surface area (Å²) >= 11 is 7.46. The van der Waals surface area contributed by atoms with Crippen LogP contribution in [0, 0.1) is 11.8 Å². The molecule has 1 aromatic rings. The molecule has 0 spiro atoms. The Morgan fingerprint density at radius 3 is 2.65 bits per heavy atom. The van der Waals surface area contributed by atoms with Crippen LogP contribution in [0.2, 0.25) is 5.02 Å². The van der Waals surface area contributed by atoms with Crippen molar-refractivity contribution in [3.8, 4) is 0 Å². The zero-order chi connectivity index (χ0) is 14.1. The molecule has 2 fully saturated rings. The van der Waals surface area contributed by atoms with E-state index in [1.165, 1.54) is 25.7 Å². The summed E-state index contributed by atoms with van der Waals surface area (Å²) in [6.45, 7) is 1.97. The van der Waals surface area contributed by atoms with Crippen molar-refractivity contribution in [2.24, 2.45) is 11.8 Å². The molecule has 20 heavy (non-hydrogen) atoms. The van der Waals surface area contributed by atoms with Crippen molar-refractivity contribution >= 4 is 29.3 Å². The van der Waals surface area contributed by atoms with Gasteiger partial charge >= 0.3 is 0 Å². The van der Waals surface area contributed by atoms with Gasteiger partial charge in [-0.25, -0.2) is 0 Å². The van der Waals surface area contributed by atoms with E-state index >= 15 is 0 Å². The van der Waals surface area contributed by atoms with E-state index in [1.54, 1.807) is 11.8 Å². The summed E-state index contributed by atoms with van der Waals surface area (Å²) in [5.41, 5.74) is 0. The molecule has 2 aliphatic carbocycles. The van der Waals surface area contributed by atoms with Gasteiger partial charge in [0.2, 0.25) is 5.91 Å². The van der Waals surface area contributed by atoms with Gasteiger partial charge in [-0.15, -0.1) is 11.8 Å². The molecular weight excluding hydrogens is 290 g/mol. The van der Waals surface area contributed by atoms with Crippen molar-refractivity contribution in [1.29, 1.82) is 0 Å². The standard InChI is InChI=1S/C16H20ClNOS/c1-10(20-14-6-4-13(17)5-7-14)16(19)18-15-9-11-2-3-12(15)8-11/h4-7,10-12,15H,2-3,8-9H2,1H3,(H,18,19)/t10-,11-,12-,15+/m1/s1. The lowest BCUT2D eigenvalue weighted by atomic mass is 9.95. The van der Waals surface area contributed by atoms with Crippen molar-refractivity contribution < 1.29 is 4.79 Å². The van der Waals surface area contributed by atoms with E-state index in [0.29, 0.717) is 6.04 Å². The van der Waals surface area contributed by atoms with Crippen LogP contribution < -0.4 is 5.32 Å². The van der Waals surface area contributed by atoms with Crippen LogP contribution >= 0.6 is 23.4 Å². The number of hydrogen-bond donors (Lipinski definition) is 1. The quantitative estimate of drug-likeness (QED) is 0.847. The average Bonchev–Trinajstić information content (AvgIpc) is 3.03. The van der Waals surface area contributed by atoms with Crippen molar-refractivity contribution in [2.75, 3.05) is 0 Å². The SMILES string of the molecule is C[C@@H](Sc1ccc(Cl)cc1)C(=O)N[C@H]1C[C@@H]2CC[C@@H]1C2. The van der Waals surface area contributed by atoms with E-state index in [2.05, 4.69) is 5.32 Å². The molecule has 0 unspecified atom stereocenters. The molecule has 1 aromatic carbocycles. The summed E-state index contributed by atoms with van der Waals surface area (Å²) in [6, 6.07) is 8.09. The third-order valence-electron chi connectivity index (χ3n) is 4.56. The molecule has 3 rings (SSSR count). The van der Waals surface area contributed by atoms with E-state index in [4.69, 9.17) is 11.6 Å². The second kappa shape index (κ2) is 5.98. The molecule has 2 nitrogen and oxygen atoms in total. The summed E-state index contributed by atoms with van der Waals surface area (Å²) in [7, 11) is 0. The van der Waals surface area contributed by atoms with Gasteiger partial charge in [0.15, 0.2) is 0 Å². The zero-order valence-corrected chi connectivity index (χ0v) is 13.2. The van der Waals surface area contributed by atoms with Gasteiger partial charge < -0.3 is 5.32 Å². The Balaban J connectivity index is 1.53. The molecule has 2 aliphatic rings. The fourth-order valence-electron chi connectivity index (χ4n) is 3.49. The minimum Gasteiger partial charge on any atom is -0.352 e. The Morgan fingerprint density at radius 2 is 2.05 bits per heavy atom. The lowest BCUT2D eigenvalue weighted by Crippen LogP contribution is -2.42. The van der Waals surface area contributed by atoms with E-state index in [0.717, 1.165) is 21.8 Å². The number of nitrogens with one attached hydrogen (secondary N) is 1. The van der Waals surface area contributed by atoms with Crippen molar-refractivity contribution in [3.05, 3.63) is 29.3 Å². The van der Waals surface area contributed by atoms with Crippen LogP contribution in [0.15, 0.2) is 29.2 Å². The van der Waals surface area contributed by atoms with Gasteiger partial charge in [0.05, 0.1) is 5.25 Å². The van der Waals surface area contributed by atoms with Crippen LogP contribution in [0.1, 0.15) is 32.6 Å². The highest BCUT2D eigenvalue weighted by atomic mass is 35.5. The molecule has 4 atom stereocenters. The normalized spacial score (nSPS) is 29.4. The van der Waals surface area contributed by atoms with E-state index in [1.807, 2.05) is 31.2 Å². The fourth-order valence-corrected chi connectivity index (χ4v) is 4.49. The molecule has 2 saturated carbocycles. The number of rotatable bonds is 4. The fraction of sp³-hybridized carbons (Fsp3) is 0.562. The first-order chi connectivity index (χ1) is 9.61. The number of hydrogen-bond acceptors (Lipinski definition) is 2. The number of carbonyl (C=O) groups excluding carboxylic acids is 1. The topological polar surface area (TPSA) is 29.1 Å². The van der Waals surface area contributed by atoms with Crippen molar-refractivity contribution in [3.63, 3.8) is 0 Å². The van der Waals surface area contributed by atoms with Gasteiger partial charge in [-0.2, -0.15) is 0 Å². The zero-order valence-electron chi connectivity index (χ0n) is 11.6. The monoisotopic (exact) mass is 309 g/mol. The van der Waals surface area contributed by atoms with Crippen LogP contribution in [-0.2, 0) is 4.79 Å². The summed E-state index contributed by atoms with van der Waals surface area (Å²) in [6.07, 6.45) is 5.18. The maximum atomic E-state index is 12.3. The number of halogens is 1. The van der Waals surface area contributed by atoms with E-state index in [-0.39, 0.29) is 11.2 Å². The number of amides is 1. The summed E-state index contributed by atoms with van der Waals surface area (Å²) < 4.78 is 0. The predicted octanol–water partition coefficient (Wildman–Crippen LogP) is 4.13. The Bertz CT molecular complexity index is 490. The Labute approximate surface area is 129 Å². The largest absolute Gasteiger partial charge is 0.352 e. The molecule has 108 valence electrons. The smallest absolute Gasteiger partial charge is 0.233 e. The van der Waals surface area contributed by atoms with Gasteiger partial charge in [-0.05, 0) is 62.3 Å². The van der Waals surface area contributed by atoms with Crippen LogP contribution in [0.3, 0.4) is 0 Å². The summed E-state index contributed by atoms with van der Waals surface area (Å²) in [4.78, 5) is 13.4. The minimum atomic E-state index is -0.0599. The number of benzene rings is 1. The van der Waals surface area contributed by atoms with Crippen LogP contribution in [0.4, 0.5) is 0 Å². The van der Waals surface area contributed by atoms with Gasteiger partial charge in [-0.3, -0.25) is 4.79 Å². The highest BCUT2D eigenvalue weighted by molar-refractivity contribution is 8.00. The highest BCUT2D eigenvalue weighted by Crippen LogP contribution is 2.44. The van der Waals surface area contributed by atoms with Crippen LogP contribution in [0.25, 0.3) is 0 Å². The van der Waals surface area contributed by atoms with Crippen molar-refractivity contribution in [1.82, 2.24) is 5.32 Å². The first-order valence-electron chi connectivity index (χ1n) is 7.34. The third kappa shape index (κ3) is 3.15. The minimum absolute atomic E-state index is 0.0599. The third-order valence-corrected chi connectivity index (χ3v) is 5.93. The number of carbonyl (C=O) groups is 1. The van der Waals surface area contributed by atoms with Gasteiger partial charge in [0.25, 0.3) is 0 Å². The molecule has 0 radical (unpaired) electrons. The molecular formula is C16H20ClNOS. The second-order valence-corrected chi connectivity index (χ2v) is 7.85. The second-order valence-electron chi connectivity index (χ2n) is 6.00. The Morgan fingerprint density at radius 1 is 1.30 bits per heavy atom. The molecule has 0 aromatic heterocycles. The van der Waals surface area contributed by atoms with Gasteiger partial charge in [0, 0.05) is 16.0 Å². The Kier molecular flexibility index (Phi) is 4.27. The molecule has 0 aliphatic heterocycles. The van der Waals surface area contributed by atoms with E-state index < -0.39 is 0 Å². The number of thioether (sulfide) groups is 1. The van der Waals surface area contributed by atoms with Crippen molar-refractivity contribution in [2.45, 2.75) is 48.8 Å². The molecule has 2 bridgehead atoms. The molecule has 0 saturated heterocycles. The van der Waals surface area contributed by atoms with Crippen LogP contribution in [0.5, 0.6) is 0 Å². The molecule has 1 amide bonds.